The molecule has 0 radical (unpaired) electrons. The molecule has 0 saturated carbocycles. The molecule has 0 unspecified atom stereocenters. The first-order chi connectivity index (χ1) is 9.85. The van der Waals surface area contributed by atoms with Crippen molar-refractivity contribution in [3.8, 4) is 0 Å². The van der Waals surface area contributed by atoms with Crippen LogP contribution >= 0.6 is 11.3 Å². The number of aromatic nitrogens is 2. The highest BCUT2D eigenvalue weighted by molar-refractivity contribution is 7.89. The lowest BCUT2D eigenvalue weighted by Crippen LogP contribution is -2.31. The zero-order valence-corrected chi connectivity index (χ0v) is 14.1. The standard InChI is InChI=1S/C13H20N4O2S2/c1-4-14-10-11(17-7-8-20-12(17)15-10)21(18,19)16-6-5-13(2,3)9-16/h7-8,14H,4-6,9H2,1-3H3. The Labute approximate surface area is 128 Å². The Morgan fingerprint density at radius 1 is 1.48 bits per heavy atom. The molecule has 1 aliphatic heterocycles. The van der Waals surface area contributed by atoms with Crippen molar-refractivity contribution in [1.82, 2.24) is 13.7 Å². The van der Waals surface area contributed by atoms with Gasteiger partial charge in [-0.15, -0.1) is 11.3 Å². The van der Waals surface area contributed by atoms with Crippen molar-refractivity contribution < 1.29 is 8.42 Å². The average molecular weight is 328 g/mol. The van der Waals surface area contributed by atoms with Crippen LogP contribution in [0.25, 0.3) is 4.96 Å². The number of rotatable bonds is 4. The molecule has 2 aromatic rings. The van der Waals surface area contributed by atoms with Crippen LogP contribution in [0.15, 0.2) is 16.6 Å². The summed E-state index contributed by atoms with van der Waals surface area (Å²) in [7, 11) is -3.54. The number of nitrogens with one attached hydrogen (secondary N) is 1. The molecule has 3 rings (SSSR count). The number of anilines is 1. The lowest BCUT2D eigenvalue weighted by molar-refractivity contribution is 0.375. The molecule has 6 nitrogen and oxygen atoms in total. The van der Waals surface area contributed by atoms with Crippen molar-refractivity contribution in [2.24, 2.45) is 5.41 Å². The van der Waals surface area contributed by atoms with Gasteiger partial charge in [-0.05, 0) is 18.8 Å². The van der Waals surface area contributed by atoms with Gasteiger partial charge >= 0.3 is 0 Å². The van der Waals surface area contributed by atoms with E-state index in [1.54, 1.807) is 14.9 Å². The molecule has 21 heavy (non-hydrogen) atoms. The van der Waals surface area contributed by atoms with Crippen LogP contribution in [0, 0.1) is 5.41 Å². The number of imidazole rings is 1. The maximum absolute atomic E-state index is 13.0. The molecule has 1 N–H and O–H groups in total. The molecule has 1 saturated heterocycles. The van der Waals surface area contributed by atoms with Crippen LogP contribution in [0.3, 0.4) is 0 Å². The third kappa shape index (κ3) is 2.45. The van der Waals surface area contributed by atoms with Gasteiger partial charge in [0.1, 0.15) is 0 Å². The fourth-order valence-corrected chi connectivity index (χ4v) is 5.31. The van der Waals surface area contributed by atoms with Crippen molar-refractivity contribution >= 4 is 32.1 Å². The molecule has 3 heterocycles. The monoisotopic (exact) mass is 328 g/mol. The van der Waals surface area contributed by atoms with E-state index in [0.29, 0.717) is 30.4 Å². The number of sulfonamides is 1. The fourth-order valence-electron chi connectivity index (χ4n) is 2.68. The van der Waals surface area contributed by atoms with Crippen LogP contribution in [0.2, 0.25) is 0 Å². The Bertz CT molecular complexity index is 760. The average Bonchev–Trinajstić information content (AvgIpc) is 3.02. The number of fused-ring (bicyclic) bond motifs is 1. The zero-order chi connectivity index (χ0) is 15.3. The SMILES string of the molecule is CCNc1nc2sccn2c1S(=O)(=O)N1CCC(C)(C)C1. The van der Waals surface area contributed by atoms with Gasteiger partial charge < -0.3 is 5.32 Å². The van der Waals surface area contributed by atoms with Crippen LogP contribution in [0.1, 0.15) is 27.2 Å². The van der Waals surface area contributed by atoms with Gasteiger partial charge in [0.2, 0.25) is 0 Å². The highest BCUT2D eigenvalue weighted by Crippen LogP contribution is 2.35. The van der Waals surface area contributed by atoms with Gasteiger partial charge in [-0.2, -0.15) is 4.31 Å². The second kappa shape index (κ2) is 4.96. The van der Waals surface area contributed by atoms with E-state index in [-0.39, 0.29) is 10.4 Å². The lowest BCUT2D eigenvalue weighted by atomic mass is 9.93. The van der Waals surface area contributed by atoms with E-state index in [1.165, 1.54) is 11.3 Å². The molecule has 2 aromatic heterocycles. The summed E-state index contributed by atoms with van der Waals surface area (Å²) in [6.45, 7) is 7.90. The molecule has 0 aromatic carbocycles. The molecule has 0 atom stereocenters. The van der Waals surface area contributed by atoms with Gasteiger partial charge in [-0.3, -0.25) is 4.40 Å². The first-order valence-corrected chi connectivity index (χ1v) is 9.37. The minimum atomic E-state index is -3.54. The fraction of sp³-hybridized carbons (Fsp3) is 0.615. The number of thiazole rings is 1. The normalized spacial score (nSPS) is 19.4. The van der Waals surface area contributed by atoms with Crippen LogP contribution < -0.4 is 5.32 Å². The summed E-state index contributed by atoms with van der Waals surface area (Å²) in [5.41, 5.74) is 0.0316. The summed E-state index contributed by atoms with van der Waals surface area (Å²) in [5, 5.41) is 5.19. The second-order valence-electron chi connectivity index (χ2n) is 6.10. The van der Waals surface area contributed by atoms with Crippen molar-refractivity contribution in [3.63, 3.8) is 0 Å². The quantitative estimate of drug-likeness (QED) is 0.935. The number of hydrogen-bond acceptors (Lipinski definition) is 5. The van der Waals surface area contributed by atoms with E-state index < -0.39 is 10.0 Å². The van der Waals surface area contributed by atoms with Gasteiger partial charge in [0.05, 0.1) is 0 Å². The van der Waals surface area contributed by atoms with Crippen LogP contribution in [-0.4, -0.2) is 41.7 Å². The lowest BCUT2D eigenvalue weighted by Gasteiger charge is -2.19. The Kier molecular flexibility index (Phi) is 3.50. The Morgan fingerprint density at radius 3 is 2.86 bits per heavy atom. The van der Waals surface area contributed by atoms with E-state index in [2.05, 4.69) is 24.1 Å². The highest BCUT2D eigenvalue weighted by Gasteiger charge is 2.39. The molecule has 0 aliphatic carbocycles. The molecule has 0 bridgehead atoms. The maximum Gasteiger partial charge on any atom is 0.262 e. The molecule has 116 valence electrons. The van der Waals surface area contributed by atoms with E-state index in [4.69, 9.17) is 0 Å². The highest BCUT2D eigenvalue weighted by atomic mass is 32.2. The summed E-state index contributed by atoms with van der Waals surface area (Å²) in [6, 6.07) is 0. The van der Waals surface area contributed by atoms with Gasteiger partial charge in [0, 0.05) is 31.2 Å². The van der Waals surface area contributed by atoms with E-state index in [9.17, 15) is 8.42 Å². The molecule has 0 amide bonds. The van der Waals surface area contributed by atoms with E-state index in [0.717, 1.165) is 6.42 Å². The van der Waals surface area contributed by atoms with Crippen molar-refractivity contribution in [1.29, 1.82) is 0 Å². The van der Waals surface area contributed by atoms with Gasteiger partial charge in [-0.25, -0.2) is 13.4 Å². The first-order valence-electron chi connectivity index (χ1n) is 7.05. The molecular weight excluding hydrogens is 308 g/mol. The molecule has 0 spiro atoms. The molecular formula is C13H20N4O2S2. The maximum atomic E-state index is 13.0. The smallest absolute Gasteiger partial charge is 0.262 e. The Balaban J connectivity index is 2.10. The summed E-state index contributed by atoms with van der Waals surface area (Å²) >= 11 is 1.44. The molecule has 1 aliphatic rings. The van der Waals surface area contributed by atoms with Gasteiger partial charge in [0.15, 0.2) is 15.8 Å². The van der Waals surface area contributed by atoms with Crippen molar-refractivity contribution in [2.75, 3.05) is 25.0 Å². The van der Waals surface area contributed by atoms with E-state index >= 15 is 0 Å². The third-order valence-corrected chi connectivity index (χ3v) is 6.42. The van der Waals surface area contributed by atoms with Crippen molar-refractivity contribution in [2.45, 2.75) is 32.2 Å². The van der Waals surface area contributed by atoms with Crippen LogP contribution in [0.4, 0.5) is 5.82 Å². The summed E-state index contributed by atoms with van der Waals surface area (Å²) in [4.78, 5) is 5.10. The number of nitrogens with zero attached hydrogens (tertiary/aromatic N) is 3. The summed E-state index contributed by atoms with van der Waals surface area (Å²) < 4.78 is 29.3. The largest absolute Gasteiger partial charge is 0.368 e. The van der Waals surface area contributed by atoms with E-state index in [1.807, 2.05) is 12.3 Å². The topological polar surface area (TPSA) is 66.7 Å². The molecule has 1 fully saturated rings. The predicted molar refractivity (Wildman–Crippen MR) is 84.4 cm³/mol. The molecule has 8 heteroatoms. The summed E-state index contributed by atoms with van der Waals surface area (Å²) in [5.74, 6) is 0.453. The Morgan fingerprint density at radius 2 is 2.24 bits per heavy atom. The minimum Gasteiger partial charge on any atom is -0.368 e. The minimum absolute atomic E-state index is 0.0316. The second-order valence-corrected chi connectivity index (χ2v) is 8.83. The third-order valence-electron chi connectivity index (χ3n) is 3.79. The first kappa shape index (κ1) is 14.8. The van der Waals surface area contributed by atoms with Crippen LogP contribution in [-0.2, 0) is 10.0 Å². The summed E-state index contributed by atoms with van der Waals surface area (Å²) in [6.07, 6.45) is 2.65. The Hall–Kier alpha value is -1.12. The predicted octanol–water partition coefficient (Wildman–Crippen LogP) is 2.25. The number of hydrogen-bond donors (Lipinski definition) is 1. The van der Waals surface area contributed by atoms with Crippen LogP contribution in [0.5, 0.6) is 0 Å². The van der Waals surface area contributed by atoms with Crippen molar-refractivity contribution in [3.05, 3.63) is 11.6 Å². The van der Waals surface area contributed by atoms with Gasteiger partial charge in [-0.1, -0.05) is 13.8 Å². The van der Waals surface area contributed by atoms with Gasteiger partial charge in [0.25, 0.3) is 10.0 Å². The zero-order valence-electron chi connectivity index (χ0n) is 12.5.